The molecule has 0 radical (unpaired) electrons. The number of benzene rings is 1. The SMILES string of the molecule is CN(Cc1ccc(Br)cc1)C(N)=NC1CCCC1. The zero-order valence-corrected chi connectivity index (χ0v) is 12.4. The van der Waals surface area contributed by atoms with Crippen molar-refractivity contribution in [3.63, 3.8) is 0 Å². The standard InChI is InChI=1S/C14H20BrN3/c1-18(10-11-6-8-12(15)9-7-11)14(16)17-13-4-2-3-5-13/h6-9,13H,2-5,10H2,1H3,(H2,16,17). The number of halogens is 1. The van der Waals surface area contributed by atoms with Crippen molar-refractivity contribution < 1.29 is 0 Å². The lowest BCUT2D eigenvalue weighted by molar-refractivity contribution is 0.486. The van der Waals surface area contributed by atoms with Crippen molar-refractivity contribution in [3.8, 4) is 0 Å². The molecule has 2 N–H and O–H groups in total. The van der Waals surface area contributed by atoms with Crippen LogP contribution in [0.1, 0.15) is 31.2 Å². The molecule has 0 saturated heterocycles. The van der Waals surface area contributed by atoms with Crippen molar-refractivity contribution in [3.05, 3.63) is 34.3 Å². The molecule has 2 rings (SSSR count). The average Bonchev–Trinajstić information content (AvgIpc) is 2.85. The summed E-state index contributed by atoms with van der Waals surface area (Å²) in [6.07, 6.45) is 4.95. The number of nitrogens with two attached hydrogens (primary N) is 1. The van der Waals surface area contributed by atoms with E-state index in [1.807, 2.05) is 24.1 Å². The van der Waals surface area contributed by atoms with Gasteiger partial charge in [0.1, 0.15) is 0 Å². The van der Waals surface area contributed by atoms with Crippen LogP contribution < -0.4 is 5.73 Å². The first-order chi connectivity index (χ1) is 8.65. The van der Waals surface area contributed by atoms with Gasteiger partial charge in [-0.25, -0.2) is 4.99 Å². The molecule has 0 bridgehead atoms. The molecule has 0 spiro atoms. The summed E-state index contributed by atoms with van der Waals surface area (Å²) < 4.78 is 1.10. The average molecular weight is 310 g/mol. The molecule has 1 saturated carbocycles. The lowest BCUT2D eigenvalue weighted by atomic mass is 10.2. The van der Waals surface area contributed by atoms with Gasteiger partial charge in [-0.15, -0.1) is 0 Å². The maximum absolute atomic E-state index is 6.04. The molecule has 0 unspecified atom stereocenters. The van der Waals surface area contributed by atoms with Gasteiger partial charge in [-0.2, -0.15) is 0 Å². The minimum Gasteiger partial charge on any atom is -0.370 e. The Labute approximate surface area is 117 Å². The van der Waals surface area contributed by atoms with Gasteiger partial charge in [-0.3, -0.25) is 0 Å². The third-order valence-corrected chi connectivity index (χ3v) is 3.89. The zero-order chi connectivity index (χ0) is 13.0. The molecule has 18 heavy (non-hydrogen) atoms. The summed E-state index contributed by atoms with van der Waals surface area (Å²) in [5, 5.41) is 0. The van der Waals surface area contributed by atoms with Crippen LogP contribution >= 0.6 is 15.9 Å². The van der Waals surface area contributed by atoms with Gasteiger partial charge in [-0.1, -0.05) is 40.9 Å². The topological polar surface area (TPSA) is 41.6 Å². The molecule has 1 fully saturated rings. The summed E-state index contributed by atoms with van der Waals surface area (Å²) >= 11 is 3.44. The first-order valence-electron chi connectivity index (χ1n) is 6.44. The molecule has 3 nitrogen and oxygen atoms in total. The van der Waals surface area contributed by atoms with Crippen LogP contribution in [0.2, 0.25) is 0 Å². The summed E-state index contributed by atoms with van der Waals surface area (Å²) in [6.45, 7) is 0.801. The van der Waals surface area contributed by atoms with Crippen molar-refractivity contribution >= 4 is 21.9 Å². The van der Waals surface area contributed by atoms with Crippen LogP contribution in [0.3, 0.4) is 0 Å². The number of guanidine groups is 1. The number of aliphatic imine (C=N–C) groups is 1. The van der Waals surface area contributed by atoms with Gasteiger partial charge in [0.05, 0.1) is 6.04 Å². The van der Waals surface area contributed by atoms with Crippen LogP contribution in [-0.4, -0.2) is 23.9 Å². The van der Waals surface area contributed by atoms with Crippen LogP contribution in [0.4, 0.5) is 0 Å². The molecule has 0 aliphatic heterocycles. The van der Waals surface area contributed by atoms with Gasteiger partial charge in [0, 0.05) is 18.1 Å². The molecular formula is C14H20BrN3. The molecule has 4 heteroatoms. The van der Waals surface area contributed by atoms with E-state index >= 15 is 0 Å². The number of hydrogen-bond donors (Lipinski definition) is 1. The summed E-state index contributed by atoms with van der Waals surface area (Å²) in [4.78, 5) is 6.62. The lowest BCUT2D eigenvalue weighted by Crippen LogP contribution is -2.34. The quantitative estimate of drug-likeness (QED) is 0.688. The van der Waals surface area contributed by atoms with Gasteiger partial charge in [0.2, 0.25) is 0 Å². The minimum absolute atomic E-state index is 0.442. The summed E-state index contributed by atoms with van der Waals surface area (Å²) in [5.74, 6) is 0.657. The molecule has 0 amide bonds. The first-order valence-corrected chi connectivity index (χ1v) is 7.23. The Balaban J connectivity index is 1.94. The summed E-state index contributed by atoms with van der Waals surface area (Å²) in [5.41, 5.74) is 7.28. The van der Waals surface area contributed by atoms with Gasteiger partial charge in [-0.05, 0) is 30.5 Å². The fourth-order valence-electron chi connectivity index (χ4n) is 2.26. The minimum atomic E-state index is 0.442. The highest BCUT2D eigenvalue weighted by Crippen LogP contribution is 2.21. The first kappa shape index (κ1) is 13.4. The molecule has 1 aromatic carbocycles. The molecule has 0 aromatic heterocycles. The van der Waals surface area contributed by atoms with Crippen molar-refractivity contribution in [1.82, 2.24) is 4.90 Å². The largest absolute Gasteiger partial charge is 0.370 e. The third-order valence-electron chi connectivity index (χ3n) is 3.36. The van der Waals surface area contributed by atoms with Crippen LogP contribution in [0, 0.1) is 0 Å². The Morgan fingerprint density at radius 3 is 2.56 bits per heavy atom. The summed E-state index contributed by atoms with van der Waals surface area (Å²) in [7, 11) is 2.00. The van der Waals surface area contributed by atoms with Gasteiger partial charge >= 0.3 is 0 Å². The molecule has 1 aromatic rings. The van der Waals surface area contributed by atoms with Crippen LogP contribution in [-0.2, 0) is 6.54 Å². The molecule has 0 heterocycles. The predicted molar refractivity (Wildman–Crippen MR) is 79.5 cm³/mol. The Hall–Kier alpha value is -1.03. The maximum Gasteiger partial charge on any atom is 0.191 e. The molecule has 1 aliphatic carbocycles. The highest BCUT2D eigenvalue weighted by molar-refractivity contribution is 9.10. The zero-order valence-electron chi connectivity index (χ0n) is 10.8. The number of nitrogens with zero attached hydrogens (tertiary/aromatic N) is 2. The Bertz CT molecular complexity index is 408. The van der Waals surface area contributed by atoms with Crippen molar-refractivity contribution in [2.75, 3.05) is 7.05 Å². The smallest absolute Gasteiger partial charge is 0.191 e. The fraction of sp³-hybridized carbons (Fsp3) is 0.500. The van der Waals surface area contributed by atoms with E-state index in [-0.39, 0.29) is 0 Å². The molecule has 0 atom stereocenters. The molecule has 1 aliphatic rings. The Morgan fingerprint density at radius 2 is 1.94 bits per heavy atom. The van der Waals surface area contributed by atoms with E-state index in [0.717, 1.165) is 11.0 Å². The predicted octanol–water partition coefficient (Wildman–Crippen LogP) is 3.14. The van der Waals surface area contributed by atoms with E-state index in [1.54, 1.807) is 0 Å². The lowest BCUT2D eigenvalue weighted by Gasteiger charge is -2.19. The van der Waals surface area contributed by atoms with Crippen molar-refractivity contribution in [2.24, 2.45) is 10.7 Å². The fourth-order valence-corrected chi connectivity index (χ4v) is 2.53. The van der Waals surface area contributed by atoms with Crippen LogP contribution in [0.15, 0.2) is 33.7 Å². The van der Waals surface area contributed by atoms with Gasteiger partial charge in [0.25, 0.3) is 0 Å². The summed E-state index contributed by atoms with van der Waals surface area (Å²) in [6, 6.07) is 8.74. The number of hydrogen-bond acceptors (Lipinski definition) is 1. The number of rotatable bonds is 3. The van der Waals surface area contributed by atoms with Gasteiger partial charge < -0.3 is 10.6 Å². The Morgan fingerprint density at radius 1 is 1.33 bits per heavy atom. The highest BCUT2D eigenvalue weighted by Gasteiger charge is 2.15. The van der Waals surface area contributed by atoms with Crippen LogP contribution in [0.25, 0.3) is 0 Å². The maximum atomic E-state index is 6.04. The van der Waals surface area contributed by atoms with E-state index < -0.39 is 0 Å². The second kappa shape index (κ2) is 6.23. The van der Waals surface area contributed by atoms with E-state index in [4.69, 9.17) is 5.73 Å². The van der Waals surface area contributed by atoms with Crippen molar-refractivity contribution in [2.45, 2.75) is 38.3 Å². The van der Waals surface area contributed by atoms with E-state index in [9.17, 15) is 0 Å². The second-order valence-electron chi connectivity index (χ2n) is 4.91. The normalized spacial score (nSPS) is 17.1. The highest BCUT2D eigenvalue weighted by atomic mass is 79.9. The second-order valence-corrected chi connectivity index (χ2v) is 5.82. The van der Waals surface area contributed by atoms with E-state index in [1.165, 1.54) is 31.2 Å². The van der Waals surface area contributed by atoms with E-state index in [2.05, 4.69) is 33.1 Å². The van der Waals surface area contributed by atoms with Gasteiger partial charge in [0.15, 0.2) is 5.96 Å². The molecular weight excluding hydrogens is 290 g/mol. The Kier molecular flexibility index (Phi) is 4.64. The molecule has 98 valence electrons. The van der Waals surface area contributed by atoms with E-state index in [0.29, 0.717) is 12.0 Å². The van der Waals surface area contributed by atoms with Crippen molar-refractivity contribution in [1.29, 1.82) is 0 Å². The monoisotopic (exact) mass is 309 g/mol. The van der Waals surface area contributed by atoms with Crippen LogP contribution in [0.5, 0.6) is 0 Å². The third kappa shape index (κ3) is 3.73.